The summed E-state index contributed by atoms with van der Waals surface area (Å²) >= 11 is 0. The molecule has 0 aliphatic carbocycles. The van der Waals surface area contributed by atoms with E-state index < -0.39 is 11.9 Å². The predicted octanol–water partition coefficient (Wildman–Crippen LogP) is 0.675. The molecule has 5 atom stereocenters. The van der Waals surface area contributed by atoms with Gasteiger partial charge in [0.1, 0.15) is 18.3 Å². The van der Waals surface area contributed by atoms with E-state index in [9.17, 15) is 5.11 Å². The van der Waals surface area contributed by atoms with Crippen LogP contribution < -0.4 is 0 Å². The first-order valence-electron chi connectivity index (χ1n) is 5.10. The van der Waals surface area contributed by atoms with E-state index in [0.29, 0.717) is 0 Å². The molecule has 2 aliphatic heterocycles. The minimum Gasteiger partial charge on any atom is -0.388 e. The van der Waals surface area contributed by atoms with E-state index in [2.05, 4.69) is 0 Å². The molecule has 2 fully saturated rings. The van der Waals surface area contributed by atoms with Crippen molar-refractivity contribution in [2.45, 2.75) is 64.0 Å². The molecule has 0 amide bonds. The highest BCUT2D eigenvalue weighted by molar-refractivity contribution is 4.95. The molecule has 0 aromatic rings. The van der Waals surface area contributed by atoms with Crippen LogP contribution in [0.2, 0.25) is 0 Å². The van der Waals surface area contributed by atoms with Gasteiger partial charge in [-0.05, 0) is 27.7 Å². The molecule has 1 N–H and O–H groups in total. The van der Waals surface area contributed by atoms with Crippen LogP contribution in [-0.2, 0) is 14.2 Å². The first kappa shape index (κ1) is 10.4. The Morgan fingerprint density at radius 2 is 1.57 bits per heavy atom. The van der Waals surface area contributed by atoms with Gasteiger partial charge in [0.15, 0.2) is 5.79 Å². The SMILES string of the molecule is CC1OC(C)C2OC(C)(C)OC2C1O. The fourth-order valence-electron chi connectivity index (χ4n) is 2.21. The molecule has 0 saturated carbocycles. The van der Waals surface area contributed by atoms with Crippen molar-refractivity contribution in [2.24, 2.45) is 0 Å². The van der Waals surface area contributed by atoms with Crippen LogP contribution in [-0.4, -0.2) is 41.4 Å². The van der Waals surface area contributed by atoms with Gasteiger partial charge in [0.05, 0.1) is 12.2 Å². The average Bonchev–Trinajstić information content (AvgIpc) is 2.38. The Balaban J connectivity index is 2.18. The molecule has 82 valence electrons. The Hall–Kier alpha value is -0.160. The Morgan fingerprint density at radius 3 is 2.21 bits per heavy atom. The summed E-state index contributed by atoms with van der Waals surface area (Å²) in [4.78, 5) is 0. The second-order valence-electron chi connectivity index (χ2n) is 4.60. The molecule has 14 heavy (non-hydrogen) atoms. The smallest absolute Gasteiger partial charge is 0.164 e. The van der Waals surface area contributed by atoms with Crippen molar-refractivity contribution < 1.29 is 19.3 Å². The minimum atomic E-state index is -0.613. The molecule has 2 saturated heterocycles. The fourth-order valence-corrected chi connectivity index (χ4v) is 2.21. The van der Waals surface area contributed by atoms with Crippen molar-refractivity contribution in [1.29, 1.82) is 0 Å². The van der Waals surface area contributed by atoms with E-state index >= 15 is 0 Å². The summed E-state index contributed by atoms with van der Waals surface area (Å²) in [5.41, 5.74) is 0. The van der Waals surface area contributed by atoms with Gasteiger partial charge in [-0.2, -0.15) is 0 Å². The predicted molar refractivity (Wildman–Crippen MR) is 49.8 cm³/mol. The van der Waals surface area contributed by atoms with E-state index in [-0.39, 0.29) is 24.4 Å². The van der Waals surface area contributed by atoms with Gasteiger partial charge in [-0.1, -0.05) is 0 Å². The maximum absolute atomic E-state index is 9.87. The van der Waals surface area contributed by atoms with Crippen molar-refractivity contribution in [3.63, 3.8) is 0 Å². The van der Waals surface area contributed by atoms with E-state index in [1.54, 1.807) is 0 Å². The molecule has 2 heterocycles. The summed E-state index contributed by atoms with van der Waals surface area (Å²) in [6.45, 7) is 7.52. The molecule has 0 bridgehead atoms. The van der Waals surface area contributed by atoms with Crippen LogP contribution in [0.5, 0.6) is 0 Å². The number of hydrogen-bond acceptors (Lipinski definition) is 4. The summed E-state index contributed by atoms with van der Waals surface area (Å²) in [6.07, 6.45) is -1.23. The molecule has 2 rings (SSSR count). The highest BCUT2D eigenvalue weighted by Crippen LogP contribution is 2.36. The van der Waals surface area contributed by atoms with E-state index in [4.69, 9.17) is 14.2 Å². The summed E-state index contributed by atoms with van der Waals surface area (Å²) in [7, 11) is 0. The molecule has 4 nitrogen and oxygen atoms in total. The molecule has 4 heteroatoms. The first-order chi connectivity index (χ1) is 6.41. The van der Waals surface area contributed by atoms with Crippen molar-refractivity contribution in [3.05, 3.63) is 0 Å². The van der Waals surface area contributed by atoms with Crippen LogP contribution in [0.4, 0.5) is 0 Å². The maximum atomic E-state index is 9.87. The quantitative estimate of drug-likeness (QED) is 0.627. The molecular weight excluding hydrogens is 184 g/mol. The fraction of sp³-hybridized carbons (Fsp3) is 1.00. The van der Waals surface area contributed by atoms with Crippen LogP contribution in [0.1, 0.15) is 27.7 Å². The van der Waals surface area contributed by atoms with Crippen molar-refractivity contribution in [1.82, 2.24) is 0 Å². The lowest BCUT2D eigenvalue weighted by atomic mass is 9.97. The summed E-state index contributed by atoms with van der Waals surface area (Å²) in [6, 6.07) is 0. The number of fused-ring (bicyclic) bond motifs is 1. The Labute approximate surface area is 84.1 Å². The third-order valence-electron chi connectivity index (χ3n) is 2.87. The second kappa shape index (κ2) is 3.17. The van der Waals surface area contributed by atoms with E-state index in [1.807, 2.05) is 27.7 Å². The molecule has 0 aromatic heterocycles. The molecule has 2 aliphatic rings. The van der Waals surface area contributed by atoms with Gasteiger partial charge < -0.3 is 19.3 Å². The second-order valence-corrected chi connectivity index (χ2v) is 4.60. The molecule has 0 radical (unpaired) electrons. The van der Waals surface area contributed by atoms with Crippen LogP contribution in [0.25, 0.3) is 0 Å². The van der Waals surface area contributed by atoms with Crippen molar-refractivity contribution >= 4 is 0 Å². The van der Waals surface area contributed by atoms with Crippen LogP contribution in [0.3, 0.4) is 0 Å². The molecule has 0 spiro atoms. The van der Waals surface area contributed by atoms with Crippen LogP contribution >= 0.6 is 0 Å². The van der Waals surface area contributed by atoms with Gasteiger partial charge in [-0.15, -0.1) is 0 Å². The van der Waals surface area contributed by atoms with E-state index in [0.717, 1.165) is 0 Å². The lowest BCUT2D eigenvalue weighted by Crippen LogP contribution is -2.54. The van der Waals surface area contributed by atoms with Gasteiger partial charge in [0, 0.05) is 0 Å². The van der Waals surface area contributed by atoms with Crippen molar-refractivity contribution in [3.8, 4) is 0 Å². The van der Waals surface area contributed by atoms with Gasteiger partial charge in [-0.3, -0.25) is 0 Å². The lowest BCUT2D eigenvalue weighted by molar-refractivity contribution is -0.175. The number of aliphatic hydroxyl groups excluding tert-OH is 1. The maximum Gasteiger partial charge on any atom is 0.164 e. The monoisotopic (exact) mass is 202 g/mol. The summed E-state index contributed by atoms with van der Waals surface area (Å²) < 4.78 is 16.9. The zero-order chi connectivity index (χ0) is 10.5. The number of hydrogen-bond donors (Lipinski definition) is 1. The zero-order valence-corrected chi connectivity index (χ0v) is 9.06. The van der Waals surface area contributed by atoms with Crippen LogP contribution in [0.15, 0.2) is 0 Å². The van der Waals surface area contributed by atoms with Crippen molar-refractivity contribution in [2.75, 3.05) is 0 Å². The topological polar surface area (TPSA) is 47.9 Å². The lowest BCUT2D eigenvalue weighted by Gasteiger charge is -2.37. The Kier molecular flexibility index (Phi) is 2.34. The largest absolute Gasteiger partial charge is 0.388 e. The Morgan fingerprint density at radius 1 is 1.00 bits per heavy atom. The number of aliphatic hydroxyl groups is 1. The summed E-state index contributed by atoms with van der Waals surface area (Å²) in [5, 5.41) is 9.87. The van der Waals surface area contributed by atoms with Gasteiger partial charge in [-0.25, -0.2) is 0 Å². The van der Waals surface area contributed by atoms with Gasteiger partial charge in [0.25, 0.3) is 0 Å². The average molecular weight is 202 g/mol. The molecule has 5 unspecified atom stereocenters. The highest BCUT2D eigenvalue weighted by atomic mass is 16.8. The summed E-state index contributed by atoms with van der Waals surface area (Å²) in [5.74, 6) is -0.613. The number of rotatable bonds is 0. The minimum absolute atomic E-state index is 0.0276. The van der Waals surface area contributed by atoms with Gasteiger partial charge in [0.2, 0.25) is 0 Å². The standard InChI is InChI=1S/C10H18O4/c1-5-7(11)9-8(6(2)12-5)13-10(3,4)14-9/h5-9,11H,1-4H3. The van der Waals surface area contributed by atoms with E-state index in [1.165, 1.54) is 0 Å². The third-order valence-corrected chi connectivity index (χ3v) is 2.87. The zero-order valence-electron chi connectivity index (χ0n) is 9.06. The molecule has 0 aromatic carbocycles. The Bertz CT molecular complexity index is 228. The normalized spacial score (nSPS) is 51.6. The van der Waals surface area contributed by atoms with Gasteiger partial charge >= 0.3 is 0 Å². The molecular formula is C10H18O4. The highest BCUT2D eigenvalue weighted by Gasteiger charge is 2.52. The third kappa shape index (κ3) is 1.56. The first-order valence-corrected chi connectivity index (χ1v) is 5.10. The number of ether oxygens (including phenoxy) is 3. The van der Waals surface area contributed by atoms with Crippen LogP contribution in [0, 0.1) is 0 Å².